The molecule has 0 unspecified atom stereocenters. The van der Waals surface area contributed by atoms with Crippen molar-refractivity contribution in [3.05, 3.63) is 41.1 Å². The van der Waals surface area contributed by atoms with Gasteiger partial charge in [-0.25, -0.2) is 18.5 Å². The molecule has 8 heteroatoms. The Kier molecular flexibility index (Phi) is 5.15. The monoisotopic (exact) mass is 375 g/mol. The van der Waals surface area contributed by atoms with E-state index in [1.165, 1.54) is 0 Å². The van der Waals surface area contributed by atoms with Crippen molar-refractivity contribution in [1.29, 1.82) is 0 Å². The molecular weight excluding hydrogens is 350 g/mol. The summed E-state index contributed by atoms with van der Waals surface area (Å²) in [4.78, 5) is 11.4. The summed E-state index contributed by atoms with van der Waals surface area (Å²) in [6.45, 7) is 7.57. The van der Waals surface area contributed by atoms with Gasteiger partial charge in [0.25, 0.3) is 0 Å². The van der Waals surface area contributed by atoms with E-state index in [0.717, 1.165) is 42.0 Å². The van der Waals surface area contributed by atoms with E-state index in [1.54, 1.807) is 12.1 Å². The van der Waals surface area contributed by atoms with Crippen molar-refractivity contribution in [1.82, 2.24) is 9.97 Å². The Morgan fingerprint density at radius 1 is 1.27 bits per heavy atom. The summed E-state index contributed by atoms with van der Waals surface area (Å²) >= 11 is 0. The molecule has 1 aliphatic heterocycles. The van der Waals surface area contributed by atoms with Crippen LogP contribution < -0.4 is 15.4 Å². The van der Waals surface area contributed by atoms with Crippen LogP contribution in [0, 0.1) is 6.92 Å². The first kappa shape index (κ1) is 18.6. The lowest BCUT2D eigenvalue weighted by molar-refractivity contribution is 0.597. The zero-order chi connectivity index (χ0) is 18.9. The number of primary sulfonamides is 1. The number of benzene rings is 1. The molecule has 0 bridgehead atoms. The molecule has 26 heavy (non-hydrogen) atoms. The maximum absolute atomic E-state index is 11.6. The van der Waals surface area contributed by atoms with Gasteiger partial charge in [-0.2, -0.15) is 4.98 Å². The molecule has 0 saturated heterocycles. The van der Waals surface area contributed by atoms with E-state index in [9.17, 15) is 8.42 Å². The van der Waals surface area contributed by atoms with Gasteiger partial charge in [0.1, 0.15) is 5.82 Å². The minimum absolute atomic E-state index is 0.149. The fourth-order valence-electron chi connectivity index (χ4n) is 3.01. The van der Waals surface area contributed by atoms with Crippen molar-refractivity contribution < 1.29 is 8.42 Å². The predicted molar refractivity (Wildman–Crippen MR) is 103 cm³/mol. The fraction of sp³-hybridized carbons (Fsp3) is 0.444. The average molecular weight is 375 g/mol. The van der Waals surface area contributed by atoms with Crippen LogP contribution in [0.25, 0.3) is 0 Å². The molecule has 2 aromatic rings. The maximum atomic E-state index is 11.6. The first-order chi connectivity index (χ1) is 12.3. The van der Waals surface area contributed by atoms with E-state index in [0.29, 0.717) is 18.5 Å². The van der Waals surface area contributed by atoms with E-state index >= 15 is 0 Å². The Morgan fingerprint density at radius 2 is 2.04 bits per heavy atom. The van der Waals surface area contributed by atoms with Gasteiger partial charge < -0.3 is 10.2 Å². The van der Waals surface area contributed by atoms with Gasteiger partial charge >= 0.3 is 0 Å². The van der Waals surface area contributed by atoms with Gasteiger partial charge in [-0.3, -0.25) is 0 Å². The molecule has 1 aromatic carbocycles. The van der Waals surface area contributed by atoms with Crippen molar-refractivity contribution in [2.75, 3.05) is 16.8 Å². The van der Waals surface area contributed by atoms with Crippen LogP contribution in [-0.4, -0.2) is 31.0 Å². The molecule has 7 nitrogen and oxygen atoms in total. The van der Waals surface area contributed by atoms with Crippen LogP contribution in [0.5, 0.6) is 0 Å². The van der Waals surface area contributed by atoms with E-state index < -0.39 is 10.0 Å². The standard InChI is InChI=1S/C18H25N5O2S/c1-4-12(2)20-18-21-13(3)9-17(22-18)23-8-7-14-5-6-16(26(19,24)25)10-15(14)11-23/h5-6,9-10,12H,4,7-8,11H2,1-3H3,(H2,19,24,25)(H,20,21,22)/t12-/m0/s1. The number of sulfonamides is 1. The fourth-order valence-corrected chi connectivity index (χ4v) is 3.57. The lowest BCUT2D eigenvalue weighted by Gasteiger charge is -2.30. The Bertz CT molecular complexity index is 914. The molecule has 1 atom stereocenters. The minimum Gasteiger partial charge on any atom is -0.352 e. The third kappa shape index (κ3) is 4.13. The topological polar surface area (TPSA) is 101 Å². The quantitative estimate of drug-likeness (QED) is 0.831. The molecule has 0 fully saturated rings. The zero-order valence-corrected chi connectivity index (χ0v) is 16.2. The van der Waals surface area contributed by atoms with Crippen molar-refractivity contribution >= 4 is 21.8 Å². The summed E-state index contributed by atoms with van der Waals surface area (Å²) in [5.41, 5.74) is 3.01. The van der Waals surface area contributed by atoms with Gasteiger partial charge in [0, 0.05) is 30.9 Å². The molecular formula is C18H25N5O2S. The van der Waals surface area contributed by atoms with E-state index in [2.05, 4.69) is 34.0 Å². The predicted octanol–water partition coefficient (Wildman–Crippen LogP) is 2.21. The number of aryl methyl sites for hydroxylation is 1. The van der Waals surface area contributed by atoms with Crippen molar-refractivity contribution in [2.45, 2.75) is 51.1 Å². The largest absolute Gasteiger partial charge is 0.352 e. The Morgan fingerprint density at radius 3 is 2.73 bits per heavy atom. The summed E-state index contributed by atoms with van der Waals surface area (Å²) in [6, 6.07) is 7.35. The molecule has 3 N–H and O–H groups in total. The molecule has 140 valence electrons. The SMILES string of the molecule is CC[C@H](C)Nc1nc(C)cc(N2CCc3ccc(S(N)(=O)=O)cc3C2)n1. The van der Waals surface area contributed by atoms with Crippen LogP contribution in [0.15, 0.2) is 29.2 Å². The second-order valence-electron chi connectivity index (χ2n) is 6.79. The summed E-state index contributed by atoms with van der Waals surface area (Å²) in [7, 11) is -3.70. The van der Waals surface area contributed by atoms with E-state index in [-0.39, 0.29) is 4.90 Å². The zero-order valence-electron chi connectivity index (χ0n) is 15.4. The summed E-state index contributed by atoms with van der Waals surface area (Å²) in [5.74, 6) is 1.47. The smallest absolute Gasteiger partial charge is 0.238 e. The number of nitrogens with two attached hydrogens (primary N) is 1. The Hall–Kier alpha value is -2.19. The van der Waals surface area contributed by atoms with Crippen LogP contribution >= 0.6 is 0 Å². The number of anilines is 2. The summed E-state index contributed by atoms with van der Waals surface area (Å²) < 4.78 is 23.3. The molecule has 0 saturated carbocycles. The van der Waals surface area contributed by atoms with Crippen molar-refractivity contribution in [3.8, 4) is 0 Å². The van der Waals surface area contributed by atoms with Crippen molar-refractivity contribution in [3.63, 3.8) is 0 Å². The van der Waals surface area contributed by atoms with Crippen molar-refractivity contribution in [2.24, 2.45) is 5.14 Å². The highest BCUT2D eigenvalue weighted by atomic mass is 32.2. The third-order valence-corrected chi connectivity index (χ3v) is 5.58. The number of hydrogen-bond donors (Lipinski definition) is 2. The van der Waals surface area contributed by atoms with Gasteiger partial charge in [-0.05, 0) is 49.9 Å². The number of aromatic nitrogens is 2. The highest BCUT2D eigenvalue weighted by molar-refractivity contribution is 7.89. The van der Waals surface area contributed by atoms with Crippen LogP contribution in [0.2, 0.25) is 0 Å². The van der Waals surface area contributed by atoms with Gasteiger partial charge in [0.2, 0.25) is 16.0 Å². The minimum atomic E-state index is -3.70. The summed E-state index contributed by atoms with van der Waals surface area (Å²) in [5, 5.41) is 8.58. The van der Waals surface area contributed by atoms with Gasteiger partial charge in [-0.15, -0.1) is 0 Å². The Balaban J connectivity index is 1.88. The molecule has 0 aliphatic carbocycles. The number of nitrogens with zero attached hydrogens (tertiary/aromatic N) is 3. The van der Waals surface area contributed by atoms with Crippen LogP contribution in [0.3, 0.4) is 0 Å². The Labute approximate surface area is 154 Å². The first-order valence-corrected chi connectivity index (χ1v) is 10.3. The molecule has 0 spiro atoms. The average Bonchev–Trinajstić information content (AvgIpc) is 2.59. The first-order valence-electron chi connectivity index (χ1n) is 8.78. The second-order valence-corrected chi connectivity index (χ2v) is 8.35. The number of hydrogen-bond acceptors (Lipinski definition) is 6. The van der Waals surface area contributed by atoms with Crippen LogP contribution in [0.1, 0.15) is 37.1 Å². The van der Waals surface area contributed by atoms with E-state index in [1.807, 2.05) is 19.1 Å². The highest BCUT2D eigenvalue weighted by Crippen LogP contribution is 2.26. The second kappa shape index (κ2) is 7.20. The van der Waals surface area contributed by atoms with Gasteiger partial charge in [-0.1, -0.05) is 13.0 Å². The normalized spacial score (nSPS) is 15.5. The third-order valence-electron chi connectivity index (χ3n) is 4.67. The molecule has 1 aliphatic rings. The lowest BCUT2D eigenvalue weighted by atomic mass is 10.00. The number of rotatable bonds is 5. The molecule has 3 rings (SSSR count). The highest BCUT2D eigenvalue weighted by Gasteiger charge is 2.21. The van der Waals surface area contributed by atoms with Crippen LogP contribution in [0.4, 0.5) is 11.8 Å². The molecule has 0 amide bonds. The summed E-state index contributed by atoms with van der Waals surface area (Å²) in [6.07, 6.45) is 1.82. The van der Waals surface area contributed by atoms with Gasteiger partial charge in [0.15, 0.2) is 0 Å². The molecule has 1 aromatic heterocycles. The van der Waals surface area contributed by atoms with Gasteiger partial charge in [0.05, 0.1) is 4.90 Å². The van der Waals surface area contributed by atoms with E-state index in [4.69, 9.17) is 5.14 Å². The maximum Gasteiger partial charge on any atom is 0.238 e. The number of nitrogens with one attached hydrogen (secondary N) is 1. The van der Waals surface area contributed by atoms with Crippen LogP contribution in [-0.2, 0) is 23.0 Å². The molecule has 2 heterocycles. The number of fused-ring (bicyclic) bond motifs is 1. The molecule has 0 radical (unpaired) electrons. The lowest BCUT2D eigenvalue weighted by Crippen LogP contribution is -2.32.